The molecule has 22 heavy (non-hydrogen) atoms. The fourth-order valence-electron chi connectivity index (χ4n) is 1.80. The first-order valence-electron chi connectivity index (χ1n) is 6.63. The van der Waals surface area contributed by atoms with Crippen LogP contribution in [0.1, 0.15) is 22.8 Å². The number of hydrogen-bond donors (Lipinski definition) is 1. The van der Waals surface area contributed by atoms with E-state index in [1.807, 2.05) is 6.92 Å². The van der Waals surface area contributed by atoms with Crippen molar-refractivity contribution in [2.24, 2.45) is 0 Å². The Kier molecular flexibility index (Phi) is 4.63. The Labute approximate surface area is 129 Å². The average Bonchev–Trinajstić information content (AvgIpc) is 2.47. The highest BCUT2D eigenvalue weighted by molar-refractivity contribution is 7.87. The van der Waals surface area contributed by atoms with Gasteiger partial charge in [0.1, 0.15) is 16.7 Å². The average molecular weight is 320 g/mol. The number of aliphatic hydroxyl groups is 1. The first-order chi connectivity index (χ1) is 10.3. The molecule has 0 saturated heterocycles. The summed E-state index contributed by atoms with van der Waals surface area (Å²) in [6.07, 6.45) is -1.11. The third kappa shape index (κ3) is 3.72. The predicted molar refractivity (Wildman–Crippen MR) is 81.4 cm³/mol. The molecule has 0 fully saturated rings. The third-order valence-corrected chi connectivity index (χ3v) is 4.30. The van der Waals surface area contributed by atoms with Crippen LogP contribution in [-0.2, 0) is 10.1 Å². The summed E-state index contributed by atoms with van der Waals surface area (Å²) >= 11 is 0. The van der Waals surface area contributed by atoms with Gasteiger partial charge in [0.05, 0.1) is 0 Å². The lowest BCUT2D eigenvalue weighted by Gasteiger charge is -2.08. The number of Topliss-reactive ketones (excluding diaryl/α,β-unsaturated/α-hetero) is 1. The Bertz CT molecular complexity index is 759. The molecule has 2 rings (SSSR count). The van der Waals surface area contributed by atoms with Crippen molar-refractivity contribution in [3.63, 3.8) is 0 Å². The molecule has 2 aromatic carbocycles. The van der Waals surface area contributed by atoms with Crippen LogP contribution in [0.25, 0.3) is 0 Å². The van der Waals surface area contributed by atoms with E-state index in [0.29, 0.717) is 0 Å². The van der Waals surface area contributed by atoms with E-state index in [4.69, 9.17) is 4.18 Å². The fourth-order valence-corrected chi connectivity index (χ4v) is 2.73. The Balaban J connectivity index is 2.20. The van der Waals surface area contributed by atoms with Crippen LogP contribution in [0.4, 0.5) is 0 Å². The minimum Gasteiger partial charge on any atom is -0.385 e. The summed E-state index contributed by atoms with van der Waals surface area (Å²) < 4.78 is 29.2. The third-order valence-electron chi connectivity index (χ3n) is 3.03. The summed E-state index contributed by atoms with van der Waals surface area (Å²) in [5.41, 5.74) is 1.23. The second-order valence-electron chi connectivity index (χ2n) is 4.92. The summed E-state index contributed by atoms with van der Waals surface area (Å²) in [7, 11) is -3.91. The maximum Gasteiger partial charge on any atom is 0.339 e. The standard InChI is InChI=1S/C16H16O5S/c1-11-3-9-15(10-4-11)22(19,20)21-14-7-5-13(6-8-14)16(18)12(2)17/h3-10,12,17H,1-2H3. The van der Waals surface area contributed by atoms with Crippen LogP contribution < -0.4 is 4.18 Å². The van der Waals surface area contributed by atoms with E-state index < -0.39 is 22.0 Å². The van der Waals surface area contributed by atoms with Crippen molar-refractivity contribution in [1.82, 2.24) is 0 Å². The molecule has 0 aromatic heterocycles. The molecule has 1 N–H and O–H groups in total. The normalized spacial score (nSPS) is 12.7. The highest BCUT2D eigenvalue weighted by atomic mass is 32.2. The van der Waals surface area contributed by atoms with Crippen molar-refractivity contribution in [2.75, 3.05) is 0 Å². The van der Waals surface area contributed by atoms with Gasteiger partial charge in [0.15, 0.2) is 5.78 Å². The van der Waals surface area contributed by atoms with Crippen LogP contribution in [0.15, 0.2) is 53.4 Å². The SMILES string of the molecule is Cc1ccc(S(=O)(=O)Oc2ccc(C(=O)C(C)O)cc2)cc1. The first kappa shape index (κ1) is 16.2. The molecule has 0 bridgehead atoms. The molecule has 1 unspecified atom stereocenters. The topological polar surface area (TPSA) is 80.7 Å². The minimum atomic E-state index is -3.91. The molecule has 2 aromatic rings. The quantitative estimate of drug-likeness (QED) is 0.675. The maximum absolute atomic E-state index is 12.1. The molecule has 5 nitrogen and oxygen atoms in total. The lowest BCUT2D eigenvalue weighted by Crippen LogP contribution is -2.16. The van der Waals surface area contributed by atoms with Gasteiger partial charge in [-0.2, -0.15) is 8.42 Å². The van der Waals surface area contributed by atoms with E-state index >= 15 is 0 Å². The second-order valence-corrected chi connectivity index (χ2v) is 6.46. The molecule has 1 atom stereocenters. The van der Waals surface area contributed by atoms with Gasteiger partial charge in [-0.15, -0.1) is 0 Å². The largest absolute Gasteiger partial charge is 0.385 e. The predicted octanol–water partition coefficient (Wildman–Crippen LogP) is 2.33. The van der Waals surface area contributed by atoms with E-state index in [1.54, 1.807) is 12.1 Å². The van der Waals surface area contributed by atoms with Gasteiger partial charge < -0.3 is 9.29 Å². The van der Waals surface area contributed by atoms with Crippen LogP contribution in [-0.4, -0.2) is 25.4 Å². The summed E-state index contributed by atoms with van der Waals surface area (Å²) in [5.74, 6) is -0.337. The number of benzene rings is 2. The van der Waals surface area contributed by atoms with Gasteiger partial charge in [-0.1, -0.05) is 17.7 Å². The fraction of sp³-hybridized carbons (Fsp3) is 0.188. The van der Waals surface area contributed by atoms with E-state index in [2.05, 4.69) is 0 Å². The smallest absolute Gasteiger partial charge is 0.339 e. The molecular formula is C16H16O5S. The van der Waals surface area contributed by atoms with Crippen molar-refractivity contribution in [2.45, 2.75) is 24.8 Å². The summed E-state index contributed by atoms with van der Waals surface area (Å²) in [5, 5.41) is 9.22. The van der Waals surface area contributed by atoms with Crippen molar-refractivity contribution in [3.8, 4) is 5.75 Å². The van der Waals surface area contributed by atoms with Crippen LogP contribution in [0, 0.1) is 6.92 Å². The van der Waals surface area contributed by atoms with Crippen LogP contribution in [0.5, 0.6) is 5.75 Å². The van der Waals surface area contributed by atoms with Crippen LogP contribution in [0.3, 0.4) is 0 Å². The highest BCUT2D eigenvalue weighted by Crippen LogP contribution is 2.20. The van der Waals surface area contributed by atoms with Gasteiger partial charge in [-0.3, -0.25) is 4.79 Å². The molecule has 0 radical (unpaired) electrons. The number of hydrogen-bond acceptors (Lipinski definition) is 5. The molecule has 0 aliphatic rings. The van der Waals surface area contributed by atoms with Gasteiger partial charge in [0.25, 0.3) is 0 Å². The molecule has 116 valence electrons. The summed E-state index contributed by atoms with van der Waals surface area (Å²) in [6.45, 7) is 3.23. The molecule has 0 aliphatic heterocycles. The number of rotatable bonds is 5. The first-order valence-corrected chi connectivity index (χ1v) is 8.04. The molecule has 0 heterocycles. The maximum atomic E-state index is 12.1. The molecule has 0 amide bonds. The minimum absolute atomic E-state index is 0.0576. The Morgan fingerprint density at radius 2 is 1.59 bits per heavy atom. The van der Waals surface area contributed by atoms with Crippen LogP contribution >= 0.6 is 0 Å². The number of aryl methyl sites for hydroxylation is 1. The van der Waals surface area contributed by atoms with Crippen molar-refractivity contribution < 1.29 is 22.5 Å². The highest BCUT2D eigenvalue weighted by Gasteiger charge is 2.17. The second kappa shape index (κ2) is 6.29. The van der Waals surface area contributed by atoms with Crippen molar-refractivity contribution >= 4 is 15.9 Å². The van der Waals surface area contributed by atoms with E-state index in [1.165, 1.54) is 43.3 Å². The van der Waals surface area contributed by atoms with E-state index in [9.17, 15) is 18.3 Å². The van der Waals surface area contributed by atoms with E-state index in [-0.39, 0.29) is 16.2 Å². The Hall–Kier alpha value is -2.18. The summed E-state index contributed by atoms with van der Waals surface area (Å²) in [4.78, 5) is 11.6. The monoisotopic (exact) mass is 320 g/mol. The lowest BCUT2D eigenvalue weighted by molar-refractivity contribution is 0.0779. The Morgan fingerprint density at radius 1 is 1.05 bits per heavy atom. The number of ketones is 1. The molecular weight excluding hydrogens is 304 g/mol. The Morgan fingerprint density at radius 3 is 2.09 bits per heavy atom. The lowest BCUT2D eigenvalue weighted by atomic mass is 10.1. The molecule has 0 saturated carbocycles. The number of carbonyl (C=O) groups excluding carboxylic acids is 1. The zero-order chi connectivity index (χ0) is 16.3. The van der Waals surface area contributed by atoms with Gasteiger partial charge in [0, 0.05) is 5.56 Å². The van der Waals surface area contributed by atoms with Gasteiger partial charge in [0.2, 0.25) is 0 Å². The zero-order valence-corrected chi connectivity index (χ0v) is 13.0. The van der Waals surface area contributed by atoms with Gasteiger partial charge >= 0.3 is 10.1 Å². The van der Waals surface area contributed by atoms with Crippen molar-refractivity contribution in [3.05, 3.63) is 59.7 Å². The number of carbonyl (C=O) groups is 1. The van der Waals surface area contributed by atoms with Gasteiger partial charge in [-0.05, 0) is 50.2 Å². The zero-order valence-electron chi connectivity index (χ0n) is 12.2. The molecule has 6 heteroatoms. The molecule has 0 spiro atoms. The van der Waals surface area contributed by atoms with E-state index in [0.717, 1.165) is 5.56 Å². The van der Waals surface area contributed by atoms with Crippen LogP contribution in [0.2, 0.25) is 0 Å². The number of aliphatic hydroxyl groups excluding tert-OH is 1. The van der Waals surface area contributed by atoms with Gasteiger partial charge in [-0.25, -0.2) is 0 Å². The summed E-state index contributed by atoms with van der Waals surface area (Å²) in [6, 6.07) is 11.9. The molecule has 0 aliphatic carbocycles. The van der Waals surface area contributed by atoms with Crippen molar-refractivity contribution in [1.29, 1.82) is 0 Å².